The summed E-state index contributed by atoms with van der Waals surface area (Å²) in [5, 5.41) is 0. The largest absolute Gasteiger partial charge is 0.525 e. The van der Waals surface area contributed by atoms with Crippen LogP contribution in [0.25, 0.3) is 0 Å². The molecule has 0 heterocycles. The van der Waals surface area contributed by atoms with Gasteiger partial charge in [0.1, 0.15) is 0 Å². The van der Waals surface area contributed by atoms with E-state index in [2.05, 4.69) is 65.9 Å². The maximum absolute atomic E-state index is 3.37. The van der Waals surface area contributed by atoms with Gasteiger partial charge in [0, 0.05) is 24.3 Å². The van der Waals surface area contributed by atoms with Crippen molar-refractivity contribution >= 4 is 53.0 Å². The first-order valence-electron chi connectivity index (χ1n) is 5.23. The summed E-state index contributed by atoms with van der Waals surface area (Å²) in [4.78, 5) is 0. The van der Waals surface area contributed by atoms with E-state index in [-0.39, 0.29) is 0 Å². The van der Waals surface area contributed by atoms with E-state index >= 15 is 0 Å². The average Bonchev–Trinajstić information content (AvgIpc) is 2.39. The third-order valence-electron chi connectivity index (χ3n) is 2.58. The van der Waals surface area contributed by atoms with Crippen LogP contribution in [-0.4, -0.2) is 60.9 Å². The molecule has 0 saturated heterocycles. The molecule has 12 radical (unpaired) electrons. The van der Waals surface area contributed by atoms with Crippen molar-refractivity contribution < 1.29 is 7.81 Å². The van der Waals surface area contributed by atoms with Crippen LogP contribution in [0, 0.1) is 0 Å². The molecule has 0 spiro atoms. The van der Waals surface area contributed by atoms with Gasteiger partial charge in [-0.15, -0.1) is 0 Å². The Hall–Kier alpha value is -1.09. The molecule has 0 N–H and O–H groups in total. The van der Waals surface area contributed by atoms with Gasteiger partial charge >= 0.3 is 41.6 Å². The lowest BCUT2D eigenvalue weighted by Gasteiger charge is -2.08. The number of hydrogen-bond donors (Lipinski definition) is 0. The monoisotopic (exact) mass is 292 g/mol. The van der Waals surface area contributed by atoms with Crippen molar-refractivity contribution in [2.45, 2.75) is 0 Å². The Balaban J connectivity index is 2.29. The van der Waals surface area contributed by atoms with Crippen molar-refractivity contribution in [3.63, 3.8) is 0 Å². The van der Waals surface area contributed by atoms with Crippen molar-refractivity contribution in [1.82, 2.24) is 0 Å². The van der Waals surface area contributed by atoms with E-state index in [0.29, 0.717) is 0 Å². The third kappa shape index (κ3) is 3.02. The van der Waals surface area contributed by atoms with Crippen LogP contribution in [0.4, 0.5) is 0 Å². The lowest BCUT2D eigenvalue weighted by atomic mass is 9.98. The molecule has 0 amide bonds. The molecule has 0 saturated carbocycles. The predicted octanol–water partition coefficient (Wildman–Crippen LogP) is -0.224. The second-order valence-electron chi connectivity index (χ2n) is 3.76. The van der Waals surface area contributed by atoms with E-state index in [1.807, 2.05) is 24.3 Å². The molecular formula is C12H8N2Si4+2. The van der Waals surface area contributed by atoms with Crippen LogP contribution < -0.4 is 0 Å². The summed E-state index contributed by atoms with van der Waals surface area (Å²) in [5.41, 5.74) is 4.44. The Labute approximate surface area is 121 Å². The van der Waals surface area contributed by atoms with Gasteiger partial charge in [0.2, 0.25) is 0 Å². The summed E-state index contributed by atoms with van der Waals surface area (Å²) in [5.74, 6) is 0. The van der Waals surface area contributed by atoms with E-state index in [0.717, 1.165) is 11.4 Å². The molecule has 0 aromatic heterocycles. The molecule has 0 bridgehead atoms. The molecular weight excluding hydrogens is 284 g/mol. The summed E-state index contributed by atoms with van der Waals surface area (Å²) in [6.45, 7) is 0. The smallest absolute Gasteiger partial charge is 0.370 e. The average molecular weight is 293 g/mol. The molecule has 2 aliphatic rings. The lowest BCUT2D eigenvalue weighted by molar-refractivity contribution is -0.185. The van der Waals surface area contributed by atoms with E-state index in [1.54, 1.807) is 7.81 Å². The Kier molecular flexibility index (Phi) is 4.22. The van der Waals surface area contributed by atoms with Gasteiger partial charge in [0.25, 0.3) is 0 Å². The van der Waals surface area contributed by atoms with Crippen molar-refractivity contribution in [1.29, 1.82) is 0 Å². The van der Waals surface area contributed by atoms with E-state index in [4.69, 9.17) is 0 Å². The Bertz CT molecular complexity index is 493. The first-order chi connectivity index (χ1) is 8.58. The molecule has 0 atom stereocenters. The zero-order valence-corrected chi connectivity index (χ0v) is 13.5. The van der Waals surface area contributed by atoms with Crippen molar-refractivity contribution in [2.24, 2.45) is 0 Å². The zero-order chi connectivity index (χ0) is 13.1. The van der Waals surface area contributed by atoms with Gasteiger partial charge in [-0.05, 0) is 35.5 Å². The quantitative estimate of drug-likeness (QED) is 0.545. The number of nitrogens with zero attached hydrogens (tertiary/aromatic N) is 2. The van der Waals surface area contributed by atoms with Gasteiger partial charge in [-0.2, -0.15) is 0 Å². The highest BCUT2D eigenvalue weighted by atomic mass is 28.2. The minimum atomic E-state index is 1.04. The summed E-state index contributed by atoms with van der Waals surface area (Å²) < 4.78 is 3.42. The zero-order valence-electron chi connectivity index (χ0n) is 9.51. The summed E-state index contributed by atoms with van der Waals surface area (Å²) >= 11 is 0. The third-order valence-corrected chi connectivity index (χ3v) is 3.62. The van der Waals surface area contributed by atoms with Crippen LogP contribution in [0.2, 0.25) is 0 Å². The van der Waals surface area contributed by atoms with Crippen LogP contribution in [-0.2, 0) is 0 Å². The molecule has 2 rings (SSSR count). The van der Waals surface area contributed by atoms with Crippen LogP contribution in [0.5, 0.6) is 0 Å². The van der Waals surface area contributed by atoms with Crippen LogP contribution in [0.15, 0.2) is 59.8 Å². The molecule has 2 nitrogen and oxygen atoms in total. The maximum Gasteiger partial charge on any atom is 0.525 e. The Morgan fingerprint density at radius 2 is 0.778 bits per heavy atom. The van der Waals surface area contributed by atoms with Gasteiger partial charge < -0.3 is 7.81 Å². The molecule has 18 heavy (non-hydrogen) atoms. The van der Waals surface area contributed by atoms with Gasteiger partial charge in [-0.25, -0.2) is 0 Å². The van der Waals surface area contributed by atoms with Crippen molar-refractivity contribution in [2.75, 3.05) is 0 Å². The molecule has 0 fully saturated rings. The Morgan fingerprint density at radius 1 is 0.500 bits per heavy atom. The van der Waals surface area contributed by atoms with E-state index in [9.17, 15) is 0 Å². The number of rotatable bonds is 0. The van der Waals surface area contributed by atoms with E-state index < -0.39 is 0 Å². The molecule has 0 aliphatic heterocycles. The number of hydrogen-bond acceptors (Lipinski definition) is 0. The van der Waals surface area contributed by atoms with Crippen molar-refractivity contribution in [3.05, 3.63) is 59.8 Å². The van der Waals surface area contributed by atoms with Crippen LogP contribution >= 0.6 is 0 Å². The summed E-state index contributed by atoms with van der Waals surface area (Å²) in [6.07, 6.45) is 16.4. The standard InChI is InChI=1S/C12H8N2Si4/c15-13(16)11-5-1-9(2-6-11)10-3-7-12(8-4-10)14(17)18/h1-8H/q+2. The van der Waals surface area contributed by atoms with Gasteiger partial charge in [0.05, 0.1) is 0 Å². The highest BCUT2D eigenvalue weighted by molar-refractivity contribution is 6.21. The fourth-order valence-electron chi connectivity index (χ4n) is 1.61. The minimum Gasteiger partial charge on any atom is -0.370 e. The topological polar surface area (TPSA) is 6.02 Å². The normalized spacial score (nSPS) is 17.8. The van der Waals surface area contributed by atoms with Gasteiger partial charge in [0.15, 0.2) is 11.4 Å². The molecule has 80 valence electrons. The second-order valence-corrected chi connectivity index (χ2v) is 6.45. The predicted molar refractivity (Wildman–Crippen MR) is 77.1 cm³/mol. The molecule has 0 aromatic carbocycles. The lowest BCUT2D eigenvalue weighted by Crippen LogP contribution is -2.14. The van der Waals surface area contributed by atoms with Crippen LogP contribution in [0.1, 0.15) is 0 Å². The minimum absolute atomic E-state index is 1.04. The molecule has 2 aliphatic carbocycles. The van der Waals surface area contributed by atoms with Crippen LogP contribution in [0.3, 0.4) is 0 Å². The Morgan fingerprint density at radius 3 is 1.00 bits per heavy atom. The summed E-state index contributed by atoms with van der Waals surface area (Å²) in [6, 6.07) is 0. The maximum atomic E-state index is 3.37. The molecule has 6 heteroatoms. The fraction of sp³-hybridized carbons (Fsp3) is 0. The highest BCUT2D eigenvalue weighted by Gasteiger charge is 2.09. The van der Waals surface area contributed by atoms with Gasteiger partial charge in [-0.3, -0.25) is 0 Å². The SMILES string of the molecule is [Si][N+]([Si])=C1C=CC(=C2C=CC(=[N+]([Si])[Si])C=C2)C=C1. The number of allylic oxidation sites excluding steroid dienone is 10. The second kappa shape index (κ2) is 5.70. The fourth-order valence-corrected chi connectivity index (χ4v) is 2.20. The van der Waals surface area contributed by atoms with Gasteiger partial charge in [-0.1, -0.05) is 0 Å². The first-order valence-corrected chi connectivity index (χ1v) is 7.02. The highest BCUT2D eigenvalue weighted by Crippen LogP contribution is 2.17. The first kappa shape index (κ1) is 13.3. The molecule has 0 unspecified atom stereocenters. The summed E-state index contributed by atoms with van der Waals surface area (Å²) in [7, 11) is 13.5. The molecule has 0 aromatic rings. The van der Waals surface area contributed by atoms with Crippen molar-refractivity contribution in [3.8, 4) is 0 Å². The van der Waals surface area contributed by atoms with E-state index in [1.165, 1.54) is 11.1 Å².